The van der Waals surface area contributed by atoms with Crippen molar-refractivity contribution < 1.29 is 14.1 Å². The topological polar surface area (TPSA) is 66.7 Å². The summed E-state index contributed by atoms with van der Waals surface area (Å²) in [6, 6.07) is 1.79. The van der Waals surface area contributed by atoms with Crippen molar-refractivity contribution in [2.75, 3.05) is 26.2 Å². The molecule has 2 aliphatic heterocycles. The Morgan fingerprint density at radius 3 is 2.62 bits per heavy atom. The van der Waals surface area contributed by atoms with Crippen molar-refractivity contribution in [2.24, 2.45) is 11.8 Å². The molecule has 2 fully saturated rings. The summed E-state index contributed by atoms with van der Waals surface area (Å²) in [5.74, 6) is 1.65. The first-order chi connectivity index (χ1) is 11.5. The molecular formula is C18H27N3O3. The first kappa shape index (κ1) is 17.0. The number of hydrogen-bond acceptors (Lipinski definition) is 4. The van der Waals surface area contributed by atoms with Gasteiger partial charge in [0.15, 0.2) is 0 Å². The second-order valence-electron chi connectivity index (χ2n) is 7.29. The van der Waals surface area contributed by atoms with Gasteiger partial charge in [-0.3, -0.25) is 9.59 Å². The molecule has 2 saturated heterocycles. The molecule has 3 rings (SSSR count). The SMILES string of the molecule is Cc1cc(CC(=O)N2CCCC(C(=O)N3CCC(C)CC3)C2)no1. The van der Waals surface area contributed by atoms with Crippen molar-refractivity contribution in [1.82, 2.24) is 15.0 Å². The molecule has 0 N–H and O–H groups in total. The van der Waals surface area contributed by atoms with E-state index in [1.165, 1.54) is 0 Å². The third-order valence-corrected chi connectivity index (χ3v) is 5.23. The molecule has 1 unspecified atom stereocenters. The molecule has 1 atom stereocenters. The van der Waals surface area contributed by atoms with Crippen LogP contribution in [0.15, 0.2) is 10.6 Å². The Morgan fingerprint density at radius 1 is 1.21 bits per heavy atom. The molecule has 2 amide bonds. The number of rotatable bonds is 3. The van der Waals surface area contributed by atoms with E-state index in [1.54, 1.807) is 6.07 Å². The van der Waals surface area contributed by atoms with Gasteiger partial charge in [-0.15, -0.1) is 0 Å². The van der Waals surface area contributed by atoms with Gasteiger partial charge in [0.2, 0.25) is 11.8 Å². The van der Waals surface area contributed by atoms with E-state index >= 15 is 0 Å². The monoisotopic (exact) mass is 333 g/mol. The van der Waals surface area contributed by atoms with Crippen LogP contribution >= 0.6 is 0 Å². The van der Waals surface area contributed by atoms with Crippen molar-refractivity contribution in [3.8, 4) is 0 Å². The summed E-state index contributed by atoms with van der Waals surface area (Å²) in [4.78, 5) is 29.1. The smallest absolute Gasteiger partial charge is 0.228 e. The van der Waals surface area contributed by atoms with Gasteiger partial charge in [-0.1, -0.05) is 12.1 Å². The van der Waals surface area contributed by atoms with Crippen LogP contribution in [0.25, 0.3) is 0 Å². The molecule has 2 aliphatic rings. The lowest BCUT2D eigenvalue weighted by Crippen LogP contribution is -2.48. The summed E-state index contributed by atoms with van der Waals surface area (Å²) in [6.45, 7) is 7.06. The van der Waals surface area contributed by atoms with Gasteiger partial charge in [0, 0.05) is 32.2 Å². The lowest BCUT2D eigenvalue weighted by Gasteiger charge is -2.37. The largest absolute Gasteiger partial charge is 0.361 e. The van der Waals surface area contributed by atoms with Crippen LogP contribution in [0, 0.1) is 18.8 Å². The Balaban J connectivity index is 1.55. The van der Waals surface area contributed by atoms with Crippen LogP contribution in [0.1, 0.15) is 44.1 Å². The molecular weight excluding hydrogens is 306 g/mol. The summed E-state index contributed by atoms with van der Waals surface area (Å²) in [5.41, 5.74) is 0.663. The third kappa shape index (κ3) is 3.97. The van der Waals surface area contributed by atoms with Crippen LogP contribution in [0.2, 0.25) is 0 Å². The first-order valence-electron chi connectivity index (χ1n) is 9.01. The van der Waals surface area contributed by atoms with Gasteiger partial charge < -0.3 is 14.3 Å². The Morgan fingerprint density at radius 2 is 1.96 bits per heavy atom. The van der Waals surface area contributed by atoms with Crippen molar-refractivity contribution in [1.29, 1.82) is 0 Å². The highest BCUT2D eigenvalue weighted by molar-refractivity contribution is 5.82. The molecule has 6 nitrogen and oxygen atoms in total. The summed E-state index contributed by atoms with van der Waals surface area (Å²) < 4.78 is 5.02. The minimum atomic E-state index is -0.0462. The number of piperidine rings is 2. The molecule has 24 heavy (non-hydrogen) atoms. The molecule has 0 aliphatic carbocycles. The zero-order valence-corrected chi connectivity index (χ0v) is 14.7. The third-order valence-electron chi connectivity index (χ3n) is 5.23. The highest BCUT2D eigenvalue weighted by atomic mass is 16.5. The number of likely N-dealkylation sites (tertiary alicyclic amines) is 2. The van der Waals surface area contributed by atoms with Gasteiger partial charge in [0.25, 0.3) is 0 Å². The standard InChI is InChI=1S/C18H27N3O3/c1-13-5-8-20(9-6-13)18(23)15-4-3-7-21(12-15)17(22)11-16-10-14(2)24-19-16/h10,13,15H,3-9,11-12H2,1-2H3. The maximum absolute atomic E-state index is 12.8. The van der Waals surface area contributed by atoms with Crippen LogP contribution in [-0.2, 0) is 16.0 Å². The van der Waals surface area contributed by atoms with Crippen LogP contribution in [0.5, 0.6) is 0 Å². The zero-order valence-electron chi connectivity index (χ0n) is 14.7. The van der Waals surface area contributed by atoms with E-state index in [9.17, 15) is 9.59 Å². The number of aromatic nitrogens is 1. The van der Waals surface area contributed by atoms with Gasteiger partial charge in [-0.2, -0.15) is 0 Å². The summed E-state index contributed by atoms with van der Waals surface area (Å²) in [7, 11) is 0. The number of carbonyl (C=O) groups is 2. The van der Waals surface area contributed by atoms with Crippen LogP contribution in [-0.4, -0.2) is 52.9 Å². The first-order valence-corrected chi connectivity index (χ1v) is 9.01. The fourth-order valence-electron chi connectivity index (χ4n) is 3.66. The zero-order chi connectivity index (χ0) is 17.1. The van der Waals surface area contributed by atoms with Crippen molar-refractivity contribution in [3.63, 3.8) is 0 Å². The van der Waals surface area contributed by atoms with Crippen LogP contribution in [0.3, 0.4) is 0 Å². The van der Waals surface area contributed by atoms with Gasteiger partial charge in [-0.25, -0.2) is 0 Å². The minimum Gasteiger partial charge on any atom is -0.361 e. The van der Waals surface area contributed by atoms with E-state index in [0.29, 0.717) is 23.9 Å². The Hall–Kier alpha value is -1.85. The maximum Gasteiger partial charge on any atom is 0.228 e. The van der Waals surface area contributed by atoms with Crippen molar-refractivity contribution >= 4 is 11.8 Å². The molecule has 0 bridgehead atoms. The van der Waals surface area contributed by atoms with E-state index in [0.717, 1.165) is 45.3 Å². The van der Waals surface area contributed by atoms with Crippen molar-refractivity contribution in [3.05, 3.63) is 17.5 Å². The quantitative estimate of drug-likeness (QED) is 0.849. The molecule has 0 radical (unpaired) electrons. The molecule has 1 aromatic heterocycles. The van der Waals surface area contributed by atoms with Gasteiger partial charge in [-0.05, 0) is 38.5 Å². The minimum absolute atomic E-state index is 0.0352. The van der Waals surface area contributed by atoms with Gasteiger partial charge in [0.05, 0.1) is 18.0 Å². The average Bonchev–Trinajstić information content (AvgIpc) is 3.00. The number of nitrogens with zero attached hydrogens (tertiary/aromatic N) is 3. The number of amides is 2. The Bertz CT molecular complexity index is 590. The normalized spacial score (nSPS) is 22.7. The number of aryl methyl sites for hydroxylation is 1. The van der Waals surface area contributed by atoms with E-state index < -0.39 is 0 Å². The van der Waals surface area contributed by atoms with Crippen LogP contribution in [0.4, 0.5) is 0 Å². The Labute approximate surface area is 143 Å². The fraction of sp³-hybridized carbons (Fsp3) is 0.722. The van der Waals surface area contributed by atoms with Gasteiger partial charge in [0.1, 0.15) is 5.76 Å². The van der Waals surface area contributed by atoms with E-state index in [4.69, 9.17) is 4.52 Å². The van der Waals surface area contributed by atoms with Crippen molar-refractivity contribution in [2.45, 2.75) is 46.0 Å². The average molecular weight is 333 g/mol. The predicted octanol–water partition coefficient (Wildman–Crippen LogP) is 2.02. The maximum atomic E-state index is 12.8. The summed E-state index contributed by atoms with van der Waals surface area (Å²) in [5, 5.41) is 3.89. The van der Waals surface area contributed by atoms with E-state index in [1.807, 2.05) is 16.7 Å². The summed E-state index contributed by atoms with van der Waals surface area (Å²) >= 11 is 0. The van der Waals surface area contributed by atoms with Crippen LogP contribution < -0.4 is 0 Å². The molecule has 132 valence electrons. The molecule has 6 heteroatoms. The highest BCUT2D eigenvalue weighted by Gasteiger charge is 2.32. The van der Waals surface area contributed by atoms with Gasteiger partial charge >= 0.3 is 0 Å². The lowest BCUT2D eigenvalue weighted by atomic mass is 9.93. The molecule has 0 saturated carbocycles. The lowest BCUT2D eigenvalue weighted by molar-refractivity contribution is -0.141. The number of carbonyl (C=O) groups excluding carboxylic acids is 2. The second kappa shape index (κ2) is 7.36. The Kier molecular flexibility index (Phi) is 5.21. The highest BCUT2D eigenvalue weighted by Crippen LogP contribution is 2.23. The molecule has 1 aromatic rings. The van der Waals surface area contributed by atoms with E-state index in [-0.39, 0.29) is 24.2 Å². The second-order valence-corrected chi connectivity index (χ2v) is 7.29. The number of hydrogen-bond donors (Lipinski definition) is 0. The van der Waals surface area contributed by atoms with E-state index in [2.05, 4.69) is 12.1 Å². The molecule has 0 aromatic carbocycles. The fourth-order valence-corrected chi connectivity index (χ4v) is 3.66. The predicted molar refractivity (Wildman–Crippen MR) is 89.2 cm³/mol. The molecule has 0 spiro atoms. The summed E-state index contributed by atoms with van der Waals surface area (Å²) in [6.07, 6.45) is 4.21. The molecule has 3 heterocycles.